The number of hydrogen-bond acceptors (Lipinski definition) is 3. The summed E-state index contributed by atoms with van der Waals surface area (Å²) in [6.07, 6.45) is 9.82. The molecular formula is C14H25NO2. The molecule has 17 heavy (non-hydrogen) atoms. The smallest absolute Gasteiger partial charge is 0.171 e. The molecule has 98 valence electrons. The van der Waals surface area contributed by atoms with Crippen molar-refractivity contribution in [3.63, 3.8) is 0 Å². The maximum Gasteiger partial charge on any atom is 0.171 e. The molecule has 1 saturated carbocycles. The molecule has 3 aliphatic rings. The molecule has 2 spiro atoms. The second-order valence-electron chi connectivity index (χ2n) is 6.23. The van der Waals surface area contributed by atoms with Crippen LogP contribution in [0.3, 0.4) is 0 Å². The zero-order valence-corrected chi connectivity index (χ0v) is 11.0. The highest BCUT2D eigenvalue weighted by Gasteiger charge is 2.49. The number of ether oxygens (including phenoxy) is 2. The van der Waals surface area contributed by atoms with Crippen molar-refractivity contribution >= 4 is 0 Å². The summed E-state index contributed by atoms with van der Waals surface area (Å²) >= 11 is 0. The molecule has 1 unspecified atom stereocenters. The van der Waals surface area contributed by atoms with E-state index in [9.17, 15) is 0 Å². The van der Waals surface area contributed by atoms with Gasteiger partial charge in [0.1, 0.15) is 0 Å². The highest BCUT2D eigenvalue weighted by atomic mass is 16.7. The number of hydrogen-bond donors (Lipinski definition) is 1. The fraction of sp³-hybridized carbons (Fsp3) is 1.00. The molecule has 0 radical (unpaired) electrons. The standard InChI is InChI=1S/C14H25NO2/c1-12-10-14(16-8-5-9-17-14)11-13(15-12)6-3-2-4-7-13/h12,15H,2-11H2,1H3. The summed E-state index contributed by atoms with van der Waals surface area (Å²) in [6.45, 7) is 4.03. The first-order chi connectivity index (χ1) is 8.22. The Morgan fingerprint density at radius 1 is 1.00 bits per heavy atom. The summed E-state index contributed by atoms with van der Waals surface area (Å²) in [4.78, 5) is 0. The average molecular weight is 239 g/mol. The average Bonchev–Trinajstić information content (AvgIpc) is 2.29. The van der Waals surface area contributed by atoms with Crippen molar-refractivity contribution in [1.82, 2.24) is 5.32 Å². The van der Waals surface area contributed by atoms with Crippen LogP contribution in [0.5, 0.6) is 0 Å². The van der Waals surface area contributed by atoms with Gasteiger partial charge in [-0.1, -0.05) is 19.3 Å². The molecule has 0 aromatic rings. The lowest BCUT2D eigenvalue weighted by Gasteiger charge is -2.53. The van der Waals surface area contributed by atoms with Crippen LogP contribution in [-0.4, -0.2) is 30.6 Å². The normalized spacial score (nSPS) is 36.2. The zero-order valence-electron chi connectivity index (χ0n) is 11.0. The SMILES string of the molecule is CC1CC2(CC3(CCCCC3)N1)OCCCO2. The highest BCUT2D eigenvalue weighted by molar-refractivity contribution is 5.02. The molecule has 1 N–H and O–H groups in total. The largest absolute Gasteiger partial charge is 0.350 e. The second kappa shape index (κ2) is 4.52. The van der Waals surface area contributed by atoms with Crippen molar-refractivity contribution in [2.45, 2.75) is 75.7 Å². The lowest BCUT2D eigenvalue weighted by atomic mass is 9.72. The molecule has 3 heteroatoms. The molecule has 0 amide bonds. The summed E-state index contributed by atoms with van der Waals surface area (Å²) in [6, 6.07) is 0.514. The van der Waals surface area contributed by atoms with E-state index >= 15 is 0 Å². The van der Waals surface area contributed by atoms with Crippen LogP contribution in [0, 0.1) is 0 Å². The Labute approximate surface area is 104 Å². The predicted octanol–water partition coefficient (Wildman–Crippen LogP) is 2.59. The Kier molecular flexibility index (Phi) is 3.18. The van der Waals surface area contributed by atoms with Gasteiger partial charge in [0.15, 0.2) is 5.79 Å². The molecule has 0 aromatic carbocycles. The van der Waals surface area contributed by atoms with Gasteiger partial charge in [0, 0.05) is 24.4 Å². The molecule has 2 saturated heterocycles. The van der Waals surface area contributed by atoms with Gasteiger partial charge in [0.25, 0.3) is 0 Å². The van der Waals surface area contributed by atoms with Crippen LogP contribution >= 0.6 is 0 Å². The Balaban J connectivity index is 1.77. The molecular weight excluding hydrogens is 214 g/mol. The Bertz CT molecular complexity index is 241. The van der Waals surface area contributed by atoms with Crippen LogP contribution in [0.4, 0.5) is 0 Å². The number of piperidine rings is 1. The van der Waals surface area contributed by atoms with Crippen LogP contribution in [0.1, 0.15) is 58.3 Å². The van der Waals surface area contributed by atoms with Crippen molar-refractivity contribution in [2.75, 3.05) is 13.2 Å². The predicted molar refractivity (Wildman–Crippen MR) is 66.9 cm³/mol. The molecule has 0 aromatic heterocycles. The van der Waals surface area contributed by atoms with Crippen molar-refractivity contribution in [1.29, 1.82) is 0 Å². The minimum atomic E-state index is -0.264. The third kappa shape index (κ3) is 2.38. The lowest BCUT2D eigenvalue weighted by Crippen LogP contribution is -2.63. The Morgan fingerprint density at radius 3 is 2.41 bits per heavy atom. The molecule has 0 bridgehead atoms. The van der Waals surface area contributed by atoms with Gasteiger partial charge in [0.2, 0.25) is 0 Å². The van der Waals surface area contributed by atoms with Crippen LogP contribution in [0.2, 0.25) is 0 Å². The van der Waals surface area contributed by atoms with Gasteiger partial charge >= 0.3 is 0 Å². The van der Waals surface area contributed by atoms with E-state index in [0.29, 0.717) is 11.6 Å². The summed E-state index contributed by atoms with van der Waals surface area (Å²) in [5.74, 6) is -0.264. The molecule has 1 atom stereocenters. The van der Waals surface area contributed by atoms with Gasteiger partial charge in [-0.15, -0.1) is 0 Å². The highest BCUT2D eigenvalue weighted by Crippen LogP contribution is 2.43. The van der Waals surface area contributed by atoms with Gasteiger partial charge < -0.3 is 14.8 Å². The number of rotatable bonds is 0. The first-order valence-electron chi connectivity index (χ1n) is 7.28. The van der Waals surface area contributed by atoms with Crippen molar-refractivity contribution in [3.05, 3.63) is 0 Å². The zero-order chi connectivity index (χ0) is 11.8. The summed E-state index contributed by atoms with van der Waals surface area (Å²) in [7, 11) is 0. The van der Waals surface area contributed by atoms with Crippen LogP contribution in [0.15, 0.2) is 0 Å². The molecule has 3 nitrogen and oxygen atoms in total. The van der Waals surface area contributed by atoms with Crippen LogP contribution < -0.4 is 5.32 Å². The topological polar surface area (TPSA) is 30.5 Å². The van der Waals surface area contributed by atoms with E-state index in [4.69, 9.17) is 9.47 Å². The van der Waals surface area contributed by atoms with E-state index in [0.717, 1.165) is 32.5 Å². The monoisotopic (exact) mass is 239 g/mol. The molecule has 3 rings (SSSR count). The number of nitrogens with one attached hydrogen (secondary N) is 1. The van der Waals surface area contributed by atoms with Gasteiger partial charge in [-0.3, -0.25) is 0 Å². The van der Waals surface area contributed by atoms with Gasteiger partial charge in [0.05, 0.1) is 13.2 Å². The van der Waals surface area contributed by atoms with Gasteiger partial charge in [-0.2, -0.15) is 0 Å². The van der Waals surface area contributed by atoms with Crippen LogP contribution in [0.25, 0.3) is 0 Å². The van der Waals surface area contributed by atoms with E-state index in [1.165, 1.54) is 32.1 Å². The van der Waals surface area contributed by atoms with E-state index < -0.39 is 0 Å². The maximum absolute atomic E-state index is 6.04. The summed E-state index contributed by atoms with van der Waals surface area (Å²) in [5, 5.41) is 3.84. The molecule has 2 aliphatic heterocycles. The molecule has 3 fully saturated rings. The Hall–Kier alpha value is -0.120. The van der Waals surface area contributed by atoms with Gasteiger partial charge in [-0.25, -0.2) is 0 Å². The fourth-order valence-electron chi connectivity index (χ4n) is 4.07. The fourth-order valence-corrected chi connectivity index (χ4v) is 4.07. The maximum atomic E-state index is 6.04. The minimum Gasteiger partial charge on any atom is -0.350 e. The van der Waals surface area contributed by atoms with E-state index in [1.807, 2.05) is 0 Å². The lowest BCUT2D eigenvalue weighted by molar-refractivity contribution is -0.294. The minimum absolute atomic E-state index is 0.264. The molecule has 2 heterocycles. The van der Waals surface area contributed by atoms with Gasteiger partial charge in [-0.05, 0) is 26.2 Å². The van der Waals surface area contributed by atoms with E-state index in [-0.39, 0.29) is 5.79 Å². The van der Waals surface area contributed by atoms with Crippen molar-refractivity contribution in [3.8, 4) is 0 Å². The molecule has 1 aliphatic carbocycles. The Morgan fingerprint density at radius 2 is 1.71 bits per heavy atom. The third-order valence-electron chi connectivity index (χ3n) is 4.61. The van der Waals surface area contributed by atoms with Crippen molar-refractivity contribution < 1.29 is 9.47 Å². The van der Waals surface area contributed by atoms with Crippen molar-refractivity contribution in [2.24, 2.45) is 0 Å². The summed E-state index contributed by atoms with van der Waals surface area (Å²) < 4.78 is 12.1. The van der Waals surface area contributed by atoms with E-state index in [1.54, 1.807) is 0 Å². The summed E-state index contributed by atoms with van der Waals surface area (Å²) in [5.41, 5.74) is 0.299. The first kappa shape index (κ1) is 11.9. The second-order valence-corrected chi connectivity index (χ2v) is 6.23. The quantitative estimate of drug-likeness (QED) is 0.705. The third-order valence-corrected chi connectivity index (χ3v) is 4.61. The first-order valence-corrected chi connectivity index (χ1v) is 7.28. The van der Waals surface area contributed by atoms with E-state index in [2.05, 4.69) is 12.2 Å². The van der Waals surface area contributed by atoms with Crippen LogP contribution in [-0.2, 0) is 9.47 Å².